The molecule has 2 aromatic carbocycles. The van der Waals surface area contributed by atoms with E-state index in [1.165, 1.54) is 16.4 Å². The normalized spacial score (nSPS) is 12.5. The van der Waals surface area contributed by atoms with Crippen molar-refractivity contribution >= 4 is 15.7 Å². The minimum absolute atomic E-state index is 0.0760. The highest BCUT2D eigenvalue weighted by Gasteiger charge is 2.23. The van der Waals surface area contributed by atoms with E-state index in [1.807, 2.05) is 0 Å². The summed E-state index contributed by atoms with van der Waals surface area (Å²) in [5, 5.41) is 10.6. The molecule has 0 amide bonds. The molecule has 1 heterocycles. The van der Waals surface area contributed by atoms with Crippen molar-refractivity contribution in [3.63, 3.8) is 0 Å². The van der Waals surface area contributed by atoms with E-state index < -0.39 is 21.9 Å². The van der Waals surface area contributed by atoms with Crippen molar-refractivity contribution in [2.24, 2.45) is 0 Å². The van der Waals surface area contributed by atoms with E-state index in [4.69, 9.17) is 0 Å². The lowest BCUT2D eigenvalue weighted by molar-refractivity contribution is 0.215. The van der Waals surface area contributed by atoms with E-state index in [-0.39, 0.29) is 17.9 Å². The molecule has 3 aromatic rings. The standard InChI is InChI=1S/C21H21FN2O3S/c1-2-28(26,27)24(15-16-7-6-12-23-14-16)18-9-5-8-17(13-18)21(25)19-10-3-4-11-20(19)22/h3-14,21,25H,2,15H2,1H3. The van der Waals surface area contributed by atoms with Gasteiger partial charge in [-0.15, -0.1) is 0 Å². The number of aliphatic hydroxyl groups is 1. The largest absolute Gasteiger partial charge is 0.384 e. The van der Waals surface area contributed by atoms with Gasteiger partial charge >= 0.3 is 0 Å². The molecule has 1 N–H and O–H groups in total. The van der Waals surface area contributed by atoms with Crippen LogP contribution in [0.3, 0.4) is 0 Å². The van der Waals surface area contributed by atoms with Gasteiger partial charge in [0.15, 0.2) is 0 Å². The van der Waals surface area contributed by atoms with Crippen LogP contribution in [0.4, 0.5) is 10.1 Å². The molecule has 146 valence electrons. The van der Waals surface area contributed by atoms with E-state index in [0.29, 0.717) is 11.3 Å². The Labute approximate surface area is 164 Å². The number of halogens is 1. The molecule has 0 spiro atoms. The van der Waals surface area contributed by atoms with Gasteiger partial charge in [-0.3, -0.25) is 9.29 Å². The number of benzene rings is 2. The number of rotatable bonds is 7. The summed E-state index contributed by atoms with van der Waals surface area (Å²) >= 11 is 0. The molecule has 0 aliphatic rings. The van der Waals surface area contributed by atoms with Gasteiger partial charge in [-0.05, 0) is 42.3 Å². The second-order valence-electron chi connectivity index (χ2n) is 6.29. The molecule has 0 radical (unpaired) electrons. The summed E-state index contributed by atoms with van der Waals surface area (Å²) in [6.45, 7) is 1.69. The zero-order chi connectivity index (χ0) is 20.1. The molecule has 0 aliphatic carbocycles. The summed E-state index contributed by atoms with van der Waals surface area (Å²) in [6.07, 6.45) is 2.02. The van der Waals surface area contributed by atoms with Crippen LogP contribution in [0.5, 0.6) is 0 Å². The zero-order valence-corrected chi connectivity index (χ0v) is 16.2. The van der Waals surface area contributed by atoms with Crippen molar-refractivity contribution in [3.05, 3.63) is 95.6 Å². The van der Waals surface area contributed by atoms with Gasteiger partial charge in [0.1, 0.15) is 11.9 Å². The number of aliphatic hydroxyl groups excluding tert-OH is 1. The van der Waals surface area contributed by atoms with Crippen molar-refractivity contribution in [1.29, 1.82) is 0 Å². The van der Waals surface area contributed by atoms with Crippen LogP contribution in [-0.4, -0.2) is 24.3 Å². The Kier molecular flexibility index (Phi) is 6.06. The highest BCUT2D eigenvalue weighted by Crippen LogP contribution is 2.29. The topological polar surface area (TPSA) is 70.5 Å². The van der Waals surface area contributed by atoms with E-state index in [9.17, 15) is 17.9 Å². The van der Waals surface area contributed by atoms with Gasteiger partial charge in [-0.25, -0.2) is 12.8 Å². The second-order valence-corrected chi connectivity index (χ2v) is 8.47. The van der Waals surface area contributed by atoms with Gasteiger partial charge in [0.2, 0.25) is 10.0 Å². The molecule has 3 rings (SSSR count). The number of sulfonamides is 1. The maximum Gasteiger partial charge on any atom is 0.235 e. The van der Waals surface area contributed by atoms with Crippen molar-refractivity contribution in [2.45, 2.75) is 19.6 Å². The monoisotopic (exact) mass is 400 g/mol. The average Bonchev–Trinajstić information content (AvgIpc) is 2.72. The van der Waals surface area contributed by atoms with E-state index in [2.05, 4.69) is 4.98 Å². The van der Waals surface area contributed by atoms with Crippen LogP contribution < -0.4 is 4.31 Å². The summed E-state index contributed by atoms with van der Waals surface area (Å²) in [7, 11) is -3.58. The van der Waals surface area contributed by atoms with Crippen molar-refractivity contribution < 1.29 is 17.9 Å². The lowest BCUT2D eigenvalue weighted by Crippen LogP contribution is -2.32. The van der Waals surface area contributed by atoms with Gasteiger partial charge < -0.3 is 5.11 Å². The van der Waals surface area contributed by atoms with Gasteiger partial charge in [0, 0.05) is 18.0 Å². The quantitative estimate of drug-likeness (QED) is 0.657. The minimum Gasteiger partial charge on any atom is -0.384 e. The van der Waals surface area contributed by atoms with Gasteiger partial charge in [-0.2, -0.15) is 0 Å². The predicted octanol–water partition coefficient (Wildman–Crippen LogP) is 3.66. The van der Waals surface area contributed by atoms with Gasteiger partial charge in [0.25, 0.3) is 0 Å². The third-order valence-corrected chi connectivity index (χ3v) is 6.16. The summed E-state index contributed by atoms with van der Waals surface area (Å²) in [6, 6.07) is 16.0. The number of nitrogens with zero attached hydrogens (tertiary/aromatic N) is 2. The molecule has 0 saturated heterocycles. The molecular weight excluding hydrogens is 379 g/mol. The fourth-order valence-electron chi connectivity index (χ4n) is 2.89. The molecule has 1 unspecified atom stereocenters. The van der Waals surface area contributed by atoms with Crippen LogP contribution in [0.1, 0.15) is 29.7 Å². The number of aromatic nitrogens is 1. The Hall–Kier alpha value is -2.77. The molecule has 0 saturated carbocycles. The predicted molar refractivity (Wildman–Crippen MR) is 107 cm³/mol. The minimum atomic E-state index is -3.58. The fraction of sp³-hybridized carbons (Fsp3) is 0.190. The summed E-state index contributed by atoms with van der Waals surface area (Å²) < 4.78 is 40.7. The Morgan fingerprint density at radius 3 is 2.57 bits per heavy atom. The molecule has 0 bridgehead atoms. The van der Waals surface area contributed by atoms with Crippen LogP contribution in [0.2, 0.25) is 0 Å². The maximum absolute atomic E-state index is 14.0. The molecule has 1 atom stereocenters. The first-order valence-electron chi connectivity index (χ1n) is 8.84. The molecular formula is C21H21FN2O3S. The molecule has 0 aliphatic heterocycles. The summed E-state index contributed by atoms with van der Waals surface area (Å²) in [4.78, 5) is 4.03. The fourth-order valence-corrected chi connectivity index (χ4v) is 3.98. The lowest BCUT2D eigenvalue weighted by Gasteiger charge is -2.25. The van der Waals surface area contributed by atoms with Crippen molar-refractivity contribution in [3.8, 4) is 0 Å². The van der Waals surface area contributed by atoms with Crippen molar-refractivity contribution in [2.75, 3.05) is 10.1 Å². The van der Waals surface area contributed by atoms with Crippen molar-refractivity contribution in [1.82, 2.24) is 4.98 Å². The van der Waals surface area contributed by atoms with Crippen LogP contribution >= 0.6 is 0 Å². The number of hydrogen-bond donors (Lipinski definition) is 1. The van der Waals surface area contributed by atoms with Gasteiger partial charge in [0.05, 0.1) is 18.0 Å². The zero-order valence-electron chi connectivity index (χ0n) is 15.4. The maximum atomic E-state index is 14.0. The SMILES string of the molecule is CCS(=O)(=O)N(Cc1cccnc1)c1cccc(C(O)c2ccccc2F)c1. The Bertz CT molecular complexity index is 1040. The van der Waals surface area contributed by atoms with Gasteiger partial charge in [-0.1, -0.05) is 36.4 Å². The first-order valence-corrected chi connectivity index (χ1v) is 10.4. The van der Waals surface area contributed by atoms with E-state index >= 15 is 0 Å². The number of anilines is 1. The lowest BCUT2D eigenvalue weighted by atomic mass is 10.0. The smallest absolute Gasteiger partial charge is 0.235 e. The summed E-state index contributed by atoms with van der Waals surface area (Å²) in [5.41, 5.74) is 1.68. The second kappa shape index (κ2) is 8.50. The molecule has 7 heteroatoms. The number of hydrogen-bond acceptors (Lipinski definition) is 4. The Morgan fingerprint density at radius 2 is 1.89 bits per heavy atom. The third-order valence-electron chi connectivity index (χ3n) is 4.42. The van der Waals surface area contributed by atoms with E-state index in [0.717, 1.165) is 5.56 Å². The number of pyridine rings is 1. The Balaban J connectivity index is 2.00. The third kappa shape index (κ3) is 4.37. The van der Waals surface area contributed by atoms with Crippen LogP contribution in [0.25, 0.3) is 0 Å². The first-order chi connectivity index (χ1) is 13.4. The molecule has 28 heavy (non-hydrogen) atoms. The van der Waals surface area contributed by atoms with Crippen LogP contribution in [-0.2, 0) is 16.6 Å². The average molecular weight is 400 g/mol. The highest BCUT2D eigenvalue weighted by atomic mass is 32.2. The molecule has 1 aromatic heterocycles. The van der Waals surface area contributed by atoms with E-state index in [1.54, 1.807) is 67.8 Å². The Morgan fingerprint density at radius 1 is 1.11 bits per heavy atom. The molecule has 5 nitrogen and oxygen atoms in total. The first kappa shape index (κ1) is 20.0. The highest BCUT2D eigenvalue weighted by molar-refractivity contribution is 7.92. The van der Waals surface area contributed by atoms with Crippen LogP contribution in [0.15, 0.2) is 73.1 Å². The molecule has 0 fully saturated rings. The van der Waals surface area contributed by atoms with Crippen LogP contribution in [0, 0.1) is 5.82 Å². The summed E-state index contributed by atoms with van der Waals surface area (Å²) in [5.74, 6) is -0.596.